The summed E-state index contributed by atoms with van der Waals surface area (Å²) in [5.41, 5.74) is 0.276. The molecule has 20 heavy (non-hydrogen) atoms. The van der Waals surface area contributed by atoms with Crippen LogP contribution in [-0.2, 0) is 10.0 Å². The van der Waals surface area contributed by atoms with Crippen LogP contribution in [0.3, 0.4) is 0 Å². The van der Waals surface area contributed by atoms with Gasteiger partial charge in [0.05, 0.1) is 16.9 Å². The first-order valence-electron chi connectivity index (χ1n) is 6.31. The molecule has 0 aliphatic heterocycles. The van der Waals surface area contributed by atoms with Crippen molar-refractivity contribution >= 4 is 21.6 Å². The van der Waals surface area contributed by atoms with Gasteiger partial charge in [0.2, 0.25) is 10.0 Å². The van der Waals surface area contributed by atoms with Crippen molar-refractivity contribution in [3.8, 4) is 0 Å². The summed E-state index contributed by atoms with van der Waals surface area (Å²) >= 11 is 5.54. The Morgan fingerprint density at radius 1 is 1.40 bits per heavy atom. The predicted octanol–water partition coefficient (Wildman–Crippen LogP) is 2.48. The van der Waals surface area contributed by atoms with Gasteiger partial charge in [-0.05, 0) is 30.0 Å². The Morgan fingerprint density at radius 2 is 2.05 bits per heavy atom. The first-order chi connectivity index (χ1) is 9.21. The molecule has 1 aromatic carbocycles. The number of nitrogens with one attached hydrogen (secondary N) is 1. The van der Waals surface area contributed by atoms with Crippen molar-refractivity contribution in [3.63, 3.8) is 0 Å². The van der Waals surface area contributed by atoms with E-state index < -0.39 is 21.9 Å². The topological polar surface area (TPSA) is 66.4 Å². The summed E-state index contributed by atoms with van der Waals surface area (Å²) < 4.78 is 38.9. The molecule has 0 saturated heterocycles. The van der Waals surface area contributed by atoms with Crippen molar-refractivity contribution in [3.05, 3.63) is 34.6 Å². The Balaban J connectivity index is 2.58. The van der Waals surface area contributed by atoms with Crippen molar-refractivity contribution in [1.29, 1.82) is 0 Å². The SMILES string of the molecule is CC(C)CCS(=O)(=O)NCC(O)c1ccc(Cl)c(F)c1. The second-order valence-corrected chi connectivity index (χ2v) is 7.37. The molecule has 0 radical (unpaired) electrons. The van der Waals surface area contributed by atoms with Crippen LogP contribution in [-0.4, -0.2) is 25.8 Å². The number of aliphatic hydroxyl groups excluding tert-OH is 1. The maximum absolute atomic E-state index is 13.2. The second-order valence-electron chi connectivity index (χ2n) is 5.04. The summed E-state index contributed by atoms with van der Waals surface area (Å²) in [6.07, 6.45) is -0.573. The van der Waals surface area contributed by atoms with E-state index in [-0.39, 0.29) is 28.8 Å². The van der Waals surface area contributed by atoms with Crippen LogP contribution in [0.5, 0.6) is 0 Å². The second kappa shape index (κ2) is 7.36. The van der Waals surface area contributed by atoms with E-state index in [0.717, 1.165) is 6.07 Å². The predicted molar refractivity (Wildman–Crippen MR) is 77.6 cm³/mol. The van der Waals surface area contributed by atoms with E-state index in [4.69, 9.17) is 11.6 Å². The number of aliphatic hydroxyl groups is 1. The van der Waals surface area contributed by atoms with Gasteiger partial charge in [-0.25, -0.2) is 17.5 Å². The highest BCUT2D eigenvalue weighted by atomic mass is 35.5. The van der Waals surface area contributed by atoms with Gasteiger partial charge in [-0.3, -0.25) is 0 Å². The first-order valence-corrected chi connectivity index (χ1v) is 8.34. The lowest BCUT2D eigenvalue weighted by Gasteiger charge is -2.13. The van der Waals surface area contributed by atoms with Crippen LogP contribution in [0.1, 0.15) is 31.9 Å². The van der Waals surface area contributed by atoms with Crippen LogP contribution in [0.2, 0.25) is 5.02 Å². The summed E-state index contributed by atoms with van der Waals surface area (Å²) in [5.74, 6) is -0.362. The Kier molecular flexibility index (Phi) is 6.39. The molecule has 1 aromatic rings. The van der Waals surface area contributed by atoms with Gasteiger partial charge in [0.15, 0.2) is 0 Å². The van der Waals surface area contributed by atoms with Crippen molar-refractivity contribution in [2.75, 3.05) is 12.3 Å². The van der Waals surface area contributed by atoms with Gasteiger partial charge in [0.1, 0.15) is 5.82 Å². The molecule has 0 amide bonds. The average molecular weight is 324 g/mol. The standard InChI is InChI=1S/C13H19ClFNO3S/c1-9(2)5-6-20(18,19)16-8-13(17)10-3-4-11(14)12(15)7-10/h3-4,7,9,13,16-17H,5-6,8H2,1-2H3. The van der Waals surface area contributed by atoms with Crippen molar-refractivity contribution in [2.45, 2.75) is 26.4 Å². The number of benzene rings is 1. The molecule has 0 aromatic heterocycles. The van der Waals surface area contributed by atoms with Crippen LogP contribution in [0.4, 0.5) is 4.39 Å². The fourth-order valence-corrected chi connectivity index (χ4v) is 2.96. The van der Waals surface area contributed by atoms with Crippen molar-refractivity contribution in [1.82, 2.24) is 4.72 Å². The molecule has 1 atom stereocenters. The highest BCUT2D eigenvalue weighted by Crippen LogP contribution is 2.20. The van der Waals surface area contributed by atoms with E-state index in [1.54, 1.807) is 0 Å². The number of sulfonamides is 1. The van der Waals surface area contributed by atoms with E-state index >= 15 is 0 Å². The minimum Gasteiger partial charge on any atom is -0.387 e. The third kappa shape index (κ3) is 5.75. The van der Waals surface area contributed by atoms with E-state index in [1.807, 2.05) is 13.8 Å². The normalized spacial score (nSPS) is 13.7. The fourth-order valence-electron chi connectivity index (χ4n) is 1.51. The van der Waals surface area contributed by atoms with Crippen LogP contribution < -0.4 is 4.72 Å². The zero-order valence-corrected chi connectivity index (χ0v) is 13.0. The van der Waals surface area contributed by atoms with E-state index in [9.17, 15) is 17.9 Å². The zero-order chi connectivity index (χ0) is 15.3. The Morgan fingerprint density at radius 3 is 2.60 bits per heavy atom. The molecule has 0 aliphatic rings. The highest BCUT2D eigenvalue weighted by Gasteiger charge is 2.15. The summed E-state index contributed by atoms with van der Waals surface area (Å²) in [6, 6.07) is 3.87. The molecule has 1 unspecified atom stereocenters. The molecule has 0 bridgehead atoms. The van der Waals surface area contributed by atoms with E-state index in [2.05, 4.69) is 4.72 Å². The van der Waals surface area contributed by atoms with Crippen LogP contribution in [0, 0.1) is 11.7 Å². The molecule has 7 heteroatoms. The fraction of sp³-hybridized carbons (Fsp3) is 0.538. The van der Waals surface area contributed by atoms with Gasteiger partial charge in [-0.15, -0.1) is 0 Å². The number of halogens is 2. The van der Waals surface area contributed by atoms with Crippen molar-refractivity contribution < 1.29 is 17.9 Å². The number of hydrogen-bond acceptors (Lipinski definition) is 3. The third-order valence-electron chi connectivity index (χ3n) is 2.79. The minimum absolute atomic E-state index is 0.00632. The zero-order valence-electron chi connectivity index (χ0n) is 11.4. The summed E-state index contributed by atoms with van der Waals surface area (Å²) in [6.45, 7) is 3.67. The van der Waals surface area contributed by atoms with E-state index in [1.165, 1.54) is 12.1 Å². The summed E-state index contributed by atoms with van der Waals surface area (Å²) in [7, 11) is -3.43. The summed E-state index contributed by atoms with van der Waals surface area (Å²) in [4.78, 5) is 0. The molecule has 0 saturated carbocycles. The molecule has 0 fully saturated rings. The summed E-state index contributed by atoms with van der Waals surface area (Å²) in [5, 5.41) is 9.80. The maximum atomic E-state index is 13.2. The molecule has 0 aliphatic carbocycles. The van der Waals surface area contributed by atoms with Crippen LogP contribution in [0.25, 0.3) is 0 Å². The minimum atomic E-state index is -3.43. The molecule has 1 rings (SSSR count). The maximum Gasteiger partial charge on any atom is 0.211 e. The molecule has 114 valence electrons. The molecule has 2 N–H and O–H groups in total. The van der Waals surface area contributed by atoms with E-state index in [0.29, 0.717) is 6.42 Å². The largest absolute Gasteiger partial charge is 0.387 e. The first kappa shape index (κ1) is 17.4. The van der Waals surface area contributed by atoms with Crippen LogP contribution in [0.15, 0.2) is 18.2 Å². The number of hydrogen-bond donors (Lipinski definition) is 2. The van der Waals surface area contributed by atoms with Gasteiger partial charge in [0, 0.05) is 6.54 Å². The van der Waals surface area contributed by atoms with Gasteiger partial charge in [0.25, 0.3) is 0 Å². The lowest BCUT2D eigenvalue weighted by Crippen LogP contribution is -2.31. The molecular weight excluding hydrogens is 305 g/mol. The molecule has 4 nitrogen and oxygen atoms in total. The third-order valence-corrected chi connectivity index (χ3v) is 4.48. The lowest BCUT2D eigenvalue weighted by atomic mass is 10.1. The number of rotatable bonds is 7. The lowest BCUT2D eigenvalue weighted by molar-refractivity contribution is 0.181. The highest BCUT2D eigenvalue weighted by molar-refractivity contribution is 7.89. The van der Waals surface area contributed by atoms with Gasteiger partial charge in [-0.1, -0.05) is 31.5 Å². The van der Waals surface area contributed by atoms with Crippen molar-refractivity contribution in [2.24, 2.45) is 5.92 Å². The average Bonchev–Trinajstić information content (AvgIpc) is 2.37. The van der Waals surface area contributed by atoms with Crippen LogP contribution >= 0.6 is 11.6 Å². The Hall–Kier alpha value is -0.690. The smallest absolute Gasteiger partial charge is 0.211 e. The quantitative estimate of drug-likeness (QED) is 0.810. The molecule has 0 spiro atoms. The monoisotopic (exact) mass is 323 g/mol. The molecule has 0 heterocycles. The molecular formula is C13H19ClFNO3S. The van der Waals surface area contributed by atoms with Gasteiger partial charge in [-0.2, -0.15) is 0 Å². The Bertz CT molecular complexity index is 549. The van der Waals surface area contributed by atoms with Gasteiger partial charge >= 0.3 is 0 Å². The van der Waals surface area contributed by atoms with Gasteiger partial charge < -0.3 is 5.11 Å². The Labute approximate surface area is 124 Å².